The molecule has 0 aliphatic rings. The van der Waals surface area contributed by atoms with Gasteiger partial charge in [-0.1, -0.05) is 6.07 Å². The van der Waals surface area contributed by atoms with Gasteiger partial charge in [-0.05, 0) is 40.3 Å². The number of halogens is 1. The molecule has 0 aromatic heterocycles. The summed E-state index contributed by atoms with van der Waals surface area (Å²) in [6, 6.07) is 4.63. The Hall–Kier alpha value is -0.620. The van der Waals surface area contributed by atoms with Crippen LogP contribution in [0.2, 0.25) is 0 Å². The van der Waals surface area contributed by atoms with Crippen molar-refractivity contribution in [3.8, 4) is 0 Å². The number of hydrogen-bond donors (Lipinski definition) is 2. The van der Waals surface area contributed by atoms with Crippen molar-refractivity contribution in [2.75, 3.05) is 0 Å². The lowest BCUT2D eigenvalue weighted by atomic mass is 10.1. The van der Waals surface area contributed by atoms with Crippen molar-refractivity contribution in [1.29, 1.82) is 0 Å². The van der Waals surface area contributed by atoms with Crippen LogP contribution in [0.3, 0.4) is 0 Å². The van der Waals surface area contributed by atoms with E-state index in [2.05, 4.69) is 0 Å². The fraction of sp³-hybridized carbons (Fsp3) is 0.125. The quantitative estimate of drug-likeness (QED) is 0.806. The monoisotopic (exact) mass is 278 g/mol. The van der Waals surface area contributed by atoms with Crippen LogP contribution in [0.4, 0.5) is 0 Å². The molecular weight excluding hydrogens is 271 g/mol. The molecule has 0 heterocycles. The summed E-state index contributed by atoms with van der Waals surface area (Å²) >= 11 is 2.00. The molecule has 0 saturated heterocycles. The van der Waals surface area contributed by atoms with Gasteiger partial charge in [0.2, 0.25) is 0 Å². The highest BCUT2D eigenvalue weighted by Crippen LogP contribution is 2.14. The van der Waals surface area contributed by atoms with E-state index < -0.39 is 5.97 Å². The van der Waals surface area contributed by atoms with Gasteiger partial charge in [0.25, 0.3) is 0 Å². The van der Waals surface area contributed by atoms with Crippen molar-refractivity contribution >= 4 is 28.6 Å². The topological polar surface area (TPSA) is 57.5 Å². The molecule has 0 aliphatic carbocycles. The van der Waals surface area contributed by atoms with Gasteiger partial charge in [0.1, 0.15) is 0 Å². The van der Waals surface area contributed by atoms with Gasteiger partial charge in [-0.2, -0.15) is 0 Å². The molecule has 64 valence electrons. The summed E-state index contributed by atoms with van der Waals surface area (Å²) in [5.41, 5.74) is 0.997. The van der Waals surface area contributed by atoms with Crippen LogP contribution in [0.25, 0.3) is 0 Å². The fourth-order valence-electron chi connectivity index (χ4n) is 0.809. The summed E-state index contributed by atoms with van der Waals surface area (Å²) in [7, 11) is 0. The zero-order chi connectivity index (χ0) is 9.14. The molecule has 1 aromatic carbocycles. The molecule has 0 amide bonds. The molecule has 1 aromatic rings. The first kappa shape index (κ1) is 9.47. The van der Waals surface area contributed by atoms with E-state index in [4.69, 9.17) is 10.2 Å². The predicted octanol–water partition coefficient (Wildman–Crippen LogP) is 1.48. The first-order valence-electron chi connectivity index (χ1n) is 3.27. The van der Waals surface area contributed by atoms with E-state index in [1.807, 2.05) is 22.6 Å². The van der Waals surface area contributed by atoms with Crippen LogP contribution in [0.1, 0.15) is 15.9 Å². The first-order valence-corrected chi connectivity index (χ1v) is 4.35. The lowest BCUT2D eigenvalue weighted by molar-refractivity contribution is 0.0696. The van der Waals surface area contributed by atoms with Gasteiger partial charge < -0.3 is 10.2 Å². The van der Waals surface area contributed by atoms with Gasteiger partial charge in [0, 0.05) is 3.57 Å². The normalized spacial score (nSPS) is 9.83. The van der Waals surface area contributed by atoms with Gasteiger partial charge in [-0.15, -0.1) is 0 Å². The molecule has 0 saturated carbocycles. The standard InChI is InChI=1S/C8H7IO3/c9-7-3-5(8(11)12)1-2-6(7)4-10/h1-3,10H,4H2,(H,11,12). The summed E-state index contributed by atoms with van der Waals surface area (Å²) in [5.74, 6) is -0.947. The minimum Gasteiger partial charge on any atom is -0.478 e. The zero-order valence-electron chi connectivity index (χ0n) is 6.12. The van der Waals surface area contributed by atoms with Crippen LogP contribution in [-0.2, 0) is 6.61 Å². The van der Waals surface area contributed by atoms with Gasteiger partial charge >= 0.3 is 5.97 Å². The minimum atomic E-state index is -0.947. The number of aliphatic hydroxyl groups excluding tert-OH is 1. The van der Waals surface area contributed by atoms with Gasteiger partial charge in [-0.3, -0.25) is 0 Å². The van der Waals surface area contributed by atoms with E-state index in [1.54, 1.807) is 6.07 Å². The van der Waals surface area contributed by atoms with Crippen molar-refractivity contribution < 1.29 is 15.0 Å². The highest BCUT2D eigenvalue weighted by Gasteiger charge is 2.05. The second-order valence-electron chi connectivity index (χ2n) is 2.27. The SMILES string of the molecule is O=C(O)c1ccc(CO)c(I)c1. The second kappa shape index (κ2) is 3.86. The summed E-state index contributed by atoms with van der Waals surface area (Å²) in [5, 5.41) is 17.4. The third-order valence-electron chi connectivity index (χ3n) is 1.47. The number of aromatic carboxylic acids is 1. The number of carbonyl (C=O) groups is 1. The Morgan fingerprint density at radius 3 is 2.58 bits per heavy atom. The Kier molecular flexibility index (Phi) is 3.05. The Labute approximate surface area is 83.2 Å². The molecule has 0 aliphatic heterocycles. The molecule has 0 bridgehead atoms. The molecule has 0 atom stereocenters. The predicted molar refractivity (Wildman–Crippen MR) is 52.0 cm³/mol. The van der Waals surface area contributed by atoms with E-state index in [-0.39, 0.29) is 12.2 Å². The third-order valence-corrected chi connectivity index (χ3v) is 2.47. The number of carboxylic acids is 1. The third kappa shape index (κ3) is 1.95. The van der Waals surface area contributed by atoms with Gasteiger partial charge in [0.15, 0.2) is 0 Å². The van der Waals surface area contributed by atoms with Crippen LogP contribution in [0, 0.1) is 3.57 Å². The highest BCUT2D eigenvalue weighted by molar-refractivity contribution is 14.1. The largest absolute Gasteiger partial charge is 0.478 e. The number of aliphatic hydroxyl groups is 1. The Bertz CT molecular complexity index is 309. The van der Waals surface area contributed by atoms with E-state index in [0.29, 0.717) is 0 Å². The highest BCUT2D eigenvalue weighted by atomic mass is 127. The van der Waals surface area contributed by atoms with Gasteiger partial charge in [-0.25, -0.2) is 4.79 Å². The number of benzene rings is 1. The summed E-state index contributed by atoms with van der Waals surface area (Å²) in [4.78, 5) is 10.5. The van der Waals surface area contributed by atoms with Crippen LogP contribution in [0.5, 0.6) is 0 Å². The van der Waals surface area contributed by atoms with Crippen LogP contribution in [0.15, 0.2) is 18.2 Å². The summed E-state index contributed by atoms with van der Waals surface area (Å²) < 4.78 is 0.773. The first-order chi connectivity index (χ1) is 5.65. The molecule has 1 rings (SSSR count). The average molecular weight is 278 g/mol. The van der Waals surface area contributed by atoms with Crippen LogP contribution >= 0.6 is 22.6 Å². The van der Waals surface area contributed by atoms with Gasteiger partial charge in [0.05, 0.1) is 12.2 Å². The number of carboxylic acid groups (broad SMARTS) is 1. The maximum Gasteiger partial charge on any atom is 0.335 e. The Morgan fingerprint density at radius 1 is 1.50 bits per heavy atom. The van der Waals surface area contributed by atoms with E-state index in [1.165, 1.54) is 12.1 Å². The molecule has 2 N–H and O–H groups in total. The van der Waals surface area contributed by atoms with E-state index in [0.717, 1.165) is 9.13 Å². The molecule has 0 unspecified atom stereocenters. The molecule has 0 fully saturated rings. The van der Waals surface area contributed by atoms with Crippen LogP contribution < -0.4 is 0 Å². The molecule has 0 spiro atoms. The molecule has 4 heteroatoms. The summed E-state index contributed by atoms with van der Waals surface area (Å²) in [6.45, 7) is -0.0574. The average Bonchev–Trinajstić information content (AvgIpc) is 2.04. The van der Waals surface area contributed by atoms with Crippen molar-refractivity contribution in [2.45, 2.75) is 6.61 Å². The Morgan fingerprint density at radius 2 is 2.17 bits per heavy atom. The van der Waals surface area contributed by atoms with Crippen molar-refractivity contribution in [3.63, 3.8) is 0 Å². The maximum atomic E-state index is 10.5. The molecular formula is C8H7IO3. The van der Waals surface area contributed by atoms with Crippen LogP contribution in [-0.4, -0.2) is 16.2 Å². The van der Waals surface area contributed by atoms with Crippen molar-refractivity contribution in [1.82, 2.24) is 0 Å². The number of hydrogen-bond acceptors (Lipinski definition) is 2. The lowest BCUT2D eigenvalue weighted by Crippen LogP contribution is -1.98. The van der Waals surface area contributed by atoms with E-state index in [9.17, 15) is 4.79 Å². The zero-order valence-corrected chi connectivity index (χ0v) is 8.28. The maximum absolute atomic E-state index is 10.5. The summed E-state index contributed by atoms with van der Waals surface area (Å²) in [6.07, 6.45) is 0. The number of rotatable bonds is 2. The lowest BCUT2D eigenvalue weighted by Gasteiger charge is -2.00. The molecule has 12 heavy (non-hydrogen) atoms. The minimum absolute atomic E-state index is 0.0574. The van der Waals surface area contributed by atoms with Crippen molar-refractivity contribution in [3.05, 3.63) is 32.9 Å². The van der Waals surface area contributed by atoms with E-state index >= 15 is 0 Å². The fourth-order valence-corrected chi connectivity index (χ4v) is 1.49. The molecule has 3 nitrogen and oxygen atoms in total. The molecule has 0 radical (unpaired) electrons. The van der Waals surface area contributed by atoms with Crippen molar-refractivity contribution in [2.24, 2.45) is 0 Å². The Balaban J connectivity index is 3.10. The smallest absolute Gasteiger partial charge is 0.335 e. The second-order valence-corrected chi connectivity index (χ2v) is 3.43.